The summed E-state index contributed by atoms with van der Waals surface area (Å²) in [6.45, 7) is 7.86. The van der Waals surface area contributed by atoms with Crippen LogP contribution in [0.3, 0.4) is 0 Å². The van der Waals surface area contributed by atoms with Gasteiger partial charge in [-0.25, -0.2) is 0 Å². The third kappa shape index (κ3) is 12.0. The molecule has 13 heavy (non-hydrogen) atoms. The zero-order valence-electron chi connectivity index (χ0n) is 9.06. The molecule has 0 bridgehead atoms. The van der Waals surface area contributed by atoms with Gasteiger partial charge in [0.2, 0.25) is 0 Å². The van der Waals surface area contributed by atoms with Crippen LogP contribution in [0.4, 0.5) is 0 Å². The molecule has 1 heteroatoms. The van der Waals surface area contributed by atoms with Gasteiger partial charge in [-0.15, -0.1) is 0 Å². The molecule has 2 radical (unpaired) electrons. The van der Waals surface area contributed by atoms with Gasteiger partial charge >= 0.3 is 0 Å². The zero-order valence-corrected chi connectivity index (χ0v) is 9.06. The first-order chi connectivity index (χ1) is 6.41. The lowest BCUT2D eigenvalue weighted by Crippen LogP contribution is -1.97. The number of rotatable bonds is 10. The van der Waals surface area contributed by atoms with Gasteiger partial charge in [-0.2, -0.15) is 0 Å². The summed E-state index contributed by atoms with van der Waals surface area (Å²) >= 11 is 0. The standard InChI is InChI=1S/C12H24O/c1-3-5-7-9-11-13-12-10-8-6-4-2/h5H,1,3-4,6-12H2,2H3. The molecule has 0 aliphatic heterocycles. The number of hydrogen-bond donors (Lipinski definition) is 0. The molecule has 0 unspecified atom stereocenters. The molecule has 0 aromatic carbocycles. The van der Waals surface area contributed by atoms with Gasteiger partial charge in [0.25, 0.3) is 0 Å². The predicted octanol–water partition coefficient (Wildman–Crippen LogP) is 3.79. The lowest BCUT2D eigenvalue weighted by molar-refractivity contribution is 0.127. The average Bonchev–Trinajstić information content (AvgIpc) is 2.16. The zero-order chi connectivity index (χ0) is 9.78. The van der Waals surface area contributed by atoms with Crippen LogP contribution in [0.2, 0.25) is 0 Å². The van der Waals surface area contributed by atoms with Crippen LogP contribution >= 0.6 is 0 Å². The van der Waals surface area contributed by atoms with E-state index in [1.165, 1.54) is 25.7 Å². The van der Waals surface area contributed by atoms with Gasteiger partial charge in [-0.1, -0.05) is 39.5 Å². The van der Waals surface area contributed by atoms with E-state index in [1.807, 2.05) is 0 Å². The molecule has 0 aliphatic rings. The minimum absolute atomic E-state index is 0.919. The SMILES string of the molecule is [CH2]C[CH]CCCOCCCCCC. The highest BCUT2D eigenvalue weighted by atomic mass is 16.5. The first-order valence-electron chi connectivity index (χ1n) is 5.60. The van der Waals surface area contributed by atoms with Crippen LogP contribution in [0.5, 0.6) is 0 Å². The van der Waals surface area contributed by atoms with E-state index in [-0.39, 0.29) is 0 Å². The second-order valence-electron chi connectivity index (χ2n) is 3.39. The van der Waals surface area contributed by atoms with Crippen molar-refractivity contribution in [3.05, 3.63) is 13.3 Å². The minimum atomic E-state index is 0.919. The van der Waals surface area contributed by atoms with Gasteiger partial charge in [0.05, 0.1) is 0 Å². The van der Waals surface area contributed by atoms with Gasteiger partial charge in [-0.05, 0) is 25.7 Å². The van der Waals surface area contributed by atoms with Crippen LogP contribution in [0, 0.1) is 13.3 Å². The molecule has 0 rings (SSSR count). The summed E-state index contributed by atoms with van der Waals surface area (Å²) in [5.74, 6) is 0. The van der Waals surface area contributed by atoms with Crippen LogP contribution in [0.25, 0.3) is 0 Å². The molecule has 0 N–H and O–H groups in total. The molecule has 0 heterocycles. The second kappa shape index (κ2) is 12.0. The molecule has 78 valence electrons. The summed E-state index contributed by atoms with van der Waals surface area (Å²) in [7, 11) is 0. The molecule has 0 aliphatic carbocycles. The van der Waals surface area contributed by atoms with Gasteiger partial charge in [0.15, 0.2) is 0 Å². The maximum Gasteiger partial charge on any atom is 0.0466 e. The summed E-state index contributed by atoms with van der Waals surface area (Å²) in [4.78, 5) is 0. The largest absolute Gasteiger partial charge is 0.381 e. The van der Waals surface area contributed by atoms with Gasteiger partial charge < -0.3 is 4.74 Å². The molecule has 0 fully saturated rings. The van der Waals surface area contributed by atoms with Crippen LogP contribution in [0.1, 0.15) is 51.9 Å². The fourth-order valence-electron chi connectivity index (χ4n) is 1.21. The summed E-state index contributed by atoms with van der Waals surface area (Å²) in [6, 6.07) is 0. The summed E-state index contributed by atoms with van der Waals surface area (Å²) in [5, 5.41) is 0. The summed E-state index contributed by atoms with van der Waals surface area (Å²) < 4.78 is 5.49. The van der Waals surface area contributed by atoms with Crippen LogP contribution in [-0.4, -0.2) is 13.2 Å². The van der Waals surface area contributed by atoms with Crippen molar-refractivity contribution >= 4 is 0 Å². The number of unbranched alkanes of at least 4 members (excludes halogenated alkanes) is 6. The first-order valence-corrected chi connectivity index (χ1v) is 5.60. The smallest absolute Gasteiger partial charge is 0.0466 e. The summed E-state index contributed by atoms with van der Waals surface area (Å²) in [5.41, 5.74) is 0. The van der Waals surface area contributed by atoms with E-state index in [1.54, 1.807) is 0 Å². The Morgan fingerprint density at radius 1 is 1.08 bits per heavy atom. The van der Waals surface area contributed by atoms with E-state index >= 15 is 0 Å². The van der Waals surface area contributed by atoms with Crippen LogP contribution in [0.15, 0.2) is 0 Å². The van der Waals surface area contributed by atoms with E-state index in [2.05, 4.69) is 20.3 Å². The van der Waals surface area contributed by atoms with Gasteiger partial charge in [-0.3, -0.25) is 0 Å². The Bertz CT molecular complexity index is 71.2. The van der Waals surface area contributed by atoms with Crippen molar-refractivity contribution in [1.29, 1.82) is 0 Å². The quantitative estimate of drug-likeness (QED) is 0.469. The highest BCUT2D eigenvalue weighted by Gasteiger charge is 1.90. The molecular formula is C12H24O. The lowest BCUT2D eigenvalue weighted by Gasteiger charge is -2.03. The lowest BCUT2D eigenvalue weighted by atomic mass is 10.2. The third-order valence-electron chi connectivity index (χ3n) is 2.04. The van der Waals surface area contributed by atoms with E-state index < -0.39 is 0 Å². The minimum Gasteiger partial charge on any atom is -0.381 e. The number of hydrogen-bond acceptors (Lipinski definition) is 1. The maximum absolute atomic E-state index is 5.49. The Labute approximate surface area is 83.9 Å². The fraction of sp³-hybridized carbons (Fsp3) is 0.833. The highest BCUT2D eigenvalue weighted by Crippen LogP contribution is 2.01. The van der Waals surface area contributed by atoms with E-state index in [0.29, 0.717) is 0 Å². The Morgan fingerprint density at radius 2 is 1.85 bits per heavy atom. The fourth-order valence-corrected chi connectivity index (χ4v) is 1.21. The molecule has 0 saturated heterocycles. The van der Waals surface area contributed by atoms with Crippen molar-refractivity contribution in [1.82, 2.24) is 0 Å². The van der Waals surface area contributed by atoms with E-state index in [0.717, 1.165) is 32.5 Å². The topological polar surface area (TPSA) is 9.23 Å². The van der Waals surface area contributed by atoms with Gasteiger partial charge in [0, 0.05) is 13.2 Å². The molecule has 0 amide bonds. The summed E-state index contributed by atoms with van der Waals surface area (Å²) in [6.07, 6.45) is 10.7. The van der Waals surface area contributed by atoms with Crippen molar-refractivity contribution in [3.63, 3.8) is 0 Å². The van der Waals surface area contributed by atoms with Crippen molar-refractivity contribution in [3.8, 4) is 0 Å². The molecule has 0 saturated carbocycles. The van der Waals surface area contributed by atoms with Crippen LogP contribution < -0.4 is 0 Å². The van der Waals surface area contributed by atoms with E-state index in [9.17, 15) is 0 Å². The maximum atomic E-state index is 5.49. The number of ether oxygens (including phenoxy) is 1. The van der Waals surface area contributed by atoms with E-state index in [4.69, 9.17) is 4.74 Å². The Balaban J connectivity index is 2.76. The predicted molar refractivity (Wildman–Crippen MR) is 58.5 cm³/mol. The molecule has 1 nitrogen and oxygen atoms in total. The van der Waals surface area contributed by atoms with Crippen molar-refractivity contribution in [2.75, 3.05) is 13.2 Å². The molecule has 0 atom stereocenters. The molecular weight excluding hydrogens is 160 g/mol. The molecule has 0 aromatic heterocycles. The average molecular weight is 184 g/mol. The van der Waals surface area contributed by atoms with Gasteiger partial charge in [0.1, 0.15) is 0 Å². The Morgan fingerprint density at radius 3 is 2.54 bits per heavy atom. The molecule has 0 spiro atoms. The molecule has 0 aromatic rings. The second-order valence-corrected chi connectivity index (χ2v) is 3.39. The normalized spacial score (nSPS) is 10.6. The van der Waals surface area contributed by atoms with Crippen LogP contribution in [-0.2, 0) is 4.74 Å². The van der Waals surface area contributed by atoms with Crippen molar-refractivity contribution < 1.29 is 4.74 Å². The first kappa shape index (κ1) is 13.0. The third-order valence-corrected chi connectivity index (χ3v) is 2.04. The monoisotopic (exact) mass is 184 g/mol. The Kier molecular flexibility index (Phi) is 11.9. The van der Waals surface area contributed by atoms with Crippen molar-refractivity contribution in [2.45, 2.75) is 51.9 Å². The highest BCUT2D eigenvalue weighted by molar-refractivity contribution is 4.64. The Hall–Kier alpha value is -0.0400. The van der Waals surface area contributed by atoms with Crippen molar-refractivity contribution in [2.24, 2.45) is 0 Å².